The van der Waals surface area contributed by atoms with Crippen LogP contribution in [0.3, 0.4) is 0 Å². The lowest BCUT2D eigenvalue weighted by molar-refractivity contribution is -0.133. The molecule has 1 aromatic rings. The molecule has 3 aliphatic rings. The maximum atomic E-state index is 12.6. The molecule has 0 spiro atoms. The van der Waals surface area contributed by atoms with Crippen molar-refractivity contribution in [3.63, 3.8) is 0 Å². The van der Waals surface area contributed by atoms with Gasteiger partial charge in [0.05, 0.1) is 0 Å². The molecule has 0 aromatic heterocycles. The third-order valence-electron chi connectivity index (χ3n) is 6.27. The molecule has 4 rings (SSSR count). The molecule has 2 unspecified atom stereocenters. The summed E-state index contributed by atoms with van der Waals surface area (Å²) in [5.41, 5.74) is 2.61. The molecule has 1 aliphatic heterocycles. The number of hydrogen-bond donors (Lipinski definition) is 0. The van der Waals surface area contributed by atoms with Gasteiger partial charge in [-0.2, -0.15) is 0 Å². The summed E-state index contributed by atoms with van der Waals surface area (Å²) >= 11 is 6.62. The van der Waals surface area contributed by atoms with Crippen molar-refractivity contribution in [3.05, 3.63) is 34.3 Å². The largest absolute Gasteiger partial charge is 0.342 e. The van der Waals surface area contributed by atoms with Crippen LogP contribution in [0, 0.1) is 5.92 Å². The van der Waals surface area contributed by atoms with Gasteiger partial charge in [0.2, 0.25) is 5.91 Å². The molecule has 130 valence electrons. The Morgan fingerprint density at radius 2 is 1.71 bits per heavy atom. The summed E-state index contributed by atoms with van der Waals surface area (Å²) in [7, 11) is 0. The van der Waals surface area contributed by atoms with Crippen molar-refractivity contribution in [3.8, 4) is 0 Å². The monoisotopic (exact) mass is 345 g/mol. The fourth-order valence-corrected chi connectivity index (χ4v) is 5.05. The lowest BCUT2D eigenvalue weighted by Gasteiger charge is -2.27. The van der Waals surface area contributed by atoms with Gasteiger partial charge in [-0.1, -0.05) is 43.0 Å². The standard InChI is InChI=1S/C21H28ClNO/c22-20-13-16(9-10-17(20)15-7-3-1-4-8-15)18-14-19(18)21(24)23-11-5-2-6-12-23/h9-10,13,15,18-19H,1-8,11-12,14H2. The smallest absolute Gasteiger partial charge is 0.226 e. The molecular weight excluding hydrogens is 318 g/mol. The summed E-state index contributed by atoms with van der Waals surface area (Å²) < 4.78 is 0. The molecule has 24 heavy (non-hydrogen) atoms. The molecule has 1 saturated heterocycles. The van der Waals surface area contributed by atoms with E-state index in [1.54, 1.807) is 0 Å². The Balaban J connectivity index is 1.42. The molecule has 3 fully saturated rings. The van der Waals surface area contributed by atoms with Crippen molar-refractivity contribution in [1.82, 2.24) is 4.90 Å². The van der Waals surface area contributed by atoms with Crippen molar-refractivity contribution >= 4 is 17.5 Å². The summed E-state index contributed by atoms with van der Waals surface area (Å²) in [6, 6.07) is 6.64. The van der Waals surface area contributed by atoms with Crippen LogP contribution in [0.5, 0.6) is 0 Å². The molecule has 2 saturated carbocycles. The van der Waals surface area contributed by atoms with E-state index >= 15 is 0 Å². The number of likely N-dealkylation sites (tertiary alicyclic amines) is 1. The first-order valence-electron chi connectivity index (χ1n) is 9.82. The van der Waals surface area contributed by atoms with E-state index in [0.717, 1.165) is 24.5 Å². The number of rotatable bonds is 3. The molecule has 2 aliphatic carbocycles. The summed E-state index contributed by atoms with van der Waals surface area (Å²) in [6.45, 7) is 1.92. The summed E-state index contributed by atoms with van der Waals surface area (Å²) in [4.78, 5) is 14.7. The molecule has 0 bridgehead atoms. The first-order valence-corrected chi connectivity index (χ1v) is 10.2. The highest BCUT2D eigenvalue weighted by atomic mass is 35.5. The molecule has 2 nitrogen and oxygen atoms in total. The second-order valence-electron chi connectivity index (χ2n) is 7.95. The predicted molar refractivity (Wildman–Crippen MR) is 98.6 cm³/mol. The number of hydrogen-bond acceptors (Lipinski definition) is 1. The second kappa shape index (κ2) is 7.07. The Hall–Kier alpha value is -1.02. The average molecular weight is 346 g/mol. The highest BCUT2D eigenvalue weighted by Crippen LogP contribution is 2.50. The maximum Gasteiger partial charge on any atom is 0.226 e. The van der Waals surface area contributed by atoms with Crippen LogP contribution in [-0.4, -0.2) is 23.9 Å². The van der Waals surface area contributed by atoms with E-state index in [9.17, 15) is 4.79 Å². The van der Waals surface area contributed by atoms with Crippen LogP contribution in [0.15, 0.2) is 18.2 Å². The zero-order valence-corrected chi connectivity index (χ0v) is 15.2. The number of piperidine rings is 1. The summed E-state index contributed by atoms with van der Waals surface area (Å²) in [5, 5.41) is 0.926. The SMILES string of the molecule is O=C(C1CC1c1ccc(C2CCCCC2)c(Cl)c1)N1CCCCC1. The van der Waals surface area contributed by atoms with Gasteiger partial charge < -0.3 is 4.90 Å². The van der Waals surface area contributed by atoms with E-state index in [2.05, 4.69) is 23.1 Å². The van der Waals surface area contributed by atoms with Crippen LogP contribution in [0.2, 0.25) is 5.02 Å². The van der Waals surface area contributed by atoms with E-state index in [-0.39, 0.29) is 5.92 Å². The highest BCUT2D eigenvalue weighted by molar-refractivity contribution is 6.31. The molecule has 0 N–H and O–H groups in total. The molecule has 2 atom stereocenters. The number of halogens is 1. The number of nitrogens with zero attached hydrogens (tertiary/aromatic N) is 1. The fourth-order valence-electron chi connectivity index (χ4n) is 4.70. The van der Waals surface area contributed by atoms with Crippen molar-refractivity contribution in [2.24, 2.45) is 5.92 Å². The van der Waals surface area contributed by atoms with Crippen LogP contribution in [0.25, 0.3) is 0 Å². The Kier molecular flexibility index (Phi) is 4.85. The lowest BCUT2D eigenvalue weighted by Crippen LogP contribution is -2.36. The van der Waals surface area contributed by atoms with E-state index in [1.807, 2.05) is 0 Å². The molecule has 1 aromatic carbocycles. The molecular formula is C21H28ClNO. The van der Waals surface area contributed by atoms with E-state index < -0.39 is 0 Å². The van der Waals surface area contributed by atoms with Crippen LogP contribution in [0.4, 0.5) is 0 Å². The van der Waals surface area contributed by atoms with Gasteiger partial charge in [0.25, 0.3) is 0 Å². The van der Waals surface area contributed by atoms with Gasteiger partial charge in [-0.05, 0) is 67.6 Å². The number of carbonyl (C=O) groups is 1. The third-order valence-corrected chi connectivity index (χ3v) is 6.60. The number of amides is 1. The minimum absolute atomic E-state index is 0.208. The topological polar surface area (TPSA) is 20.3 Å². The normalized spacial score (nSPS) is 28.0. The number of carbonyl (C=O) groups excluding carboxylic acids is 1. The van der Waals surface area contributed by atoms with Crippen molar-refractivity contribution in [2.45, 2.75) is 69.6 Å². The minimum Gasteiger partial charge on any atom is -0.342 e. The zero-order valence-electron chi connectivity index (χ0n) is 14.5. The Bertz CT molecular complexity index is 602. The summed E-state index contributed by atoms with van der Waals surface area (Å²) in [5.74, 6) is 1.63. The van der Waals surface area contributed by atoms with Crippen molar-refractivity contribution < 1.29 is 4.79 Å². The Morgan fingerprint density at radius 1 is 1.00 bits per heavy atom. The van der Waals surface area contributed by atoms with E-state index in [0.29, 0.717) is 17.7 Å². The first-order chi connectivity index (χ1) is 11.7. The van der Waals surface area contributed by atoms with Gasteiger partial charge in [0.1, 0.15) is 0 Å². The Labute approximate surface area is 150 Å². The molecule has 3 heteroatoms. The van der Waals surface area contributed by atoms with Crippen molar-refractivity contribution in [1.29, 1.82) is 0 Å². The van der Waals surface area contributed by atoms with E-state index in [4.69, 9.17) is 11.6 Å². The quantitative estimate of drug-likeness (QED) is 0.707. The van der Waals surface area contributed by atoms with Gasteiger partial charge in [0, 0.05) is 24.0 Å². The van der Waals surface area contributed by atoms with Crippen molar-refractivity contribution in [2.75, 3.05) is 13.1 Å². The molecule has 1 heterocycles. The van der Waals surface area contributed by atoms with Gasteiger partial charge >= 0.3 is 0 Å². The van der Waals surface area contributed by atoms with Gasteiger partial charge in [-0.25, -0.2) is 0 Å². The minimum atomic E-state index is 0.208. The molecule has 0 radical (unpaired) electrons. The van der Waals surface area contributed by atoms with Crippen LogP contribution in [0.1, 0.15) is 80.8 Å². The first kappa shape index (κ1) is 16.4. The van der Waals surface area contributed by atoms with Gasteiger partial charge in [-0.15, -0.1) is 0 Å². The summed E-state index contributed by atoms with van der Waals surface area (Å²) in [6.07, 6.45) is 11.2. The number of benzene rings is 1. The Morgan fingerprint density at radius 3 is 2.42 bits per heavy atom. The zero-order chi connectivity index (χ0) is 16.5. The molecule has 1 amide bonds. The predicted octanol–water partition coefficient (Wildman–Crippen LogP) is 5.50. The van der Waals surface area contributed by atoms with Crippen LogP contribution >= 0.6 is 11.6 Å². The van der Waals surface area contributed by atoms with Gasteiger partial charge in [-0.3, -0.25) is 4.79 Å². The maximum absolute atomic E-state index is 12.6. The average Bonchev–Trinajstić information content (AvgIpc) is 3.43. The van der Waals surface area contributed by atoms with Crippen LogP contribution < -0.4 is 0 Å². The lowest BCUT2D eigenvalue weighted by atomic mass is 9.83. The van der Waals surface area contributed by atoms with Gasteiger partial charge in [0.15, 0.2) is 0 Å². The van der Waals surface area contributed by atoms with E-state index in [1.165, 1.54) is 62.5 Å². The fraction of sp³-hybridized carbons (Fsp3) is 0.667. The highest BCUT2D eigenvalue weighted by Gasteiger charge is 2.46. The second-order valence-corrected chi connectivity index (χ2v) is 8.36. The van der Waals surface area contributed by atoms with Crippen LogP contribution in [-0.2, 0) is 4.79 Å². The third kappa shape index (κ3) is 3.35.